The molecule has 3 nitrogen and oxygen atoms in total. The molecule has 0 aliphatic carbocycles. The Morgan fingerprint density at radius 2 is 1.87 bits per heavy atom. The lowest BCUT2D eigenvalue weighted by Gasteiger charge is -2.07. The number of aromatic nitrogens is 2. The highest BCUT2D eigenvalue weighted by Gasteiger charge is 2.23. The van der Waals surface area contributed by atoms with E-state index >= 15 is 0 Å². The van der Waals surface area contributed by atoms with E-state index in [9.17, 15) is 0 Å². The molecule has 0 saturated heterocycles. The van der Waals surface area contributed by atoms with Gasteiger partial charge in [-0.2, -0.15) is 5.10 Å². The van der Waals surface area contributed by atoms with Crippen molar-refractivity contribution in [3.63, 3.8) is 0 Å². The summed E-state index contributed by atoms with van der Waals surface area (Å²) in [6.07, 6.45) is 1.83. The zero-order valence-electron chi connectivity index (χ0n) is 12.4. The van der Waals surface area contributed by atoms with Gasteiger partial charge in [0.2, 0.25) is 0 Å². The van der Waals surface area contributed by atoms with Crippen molar-refractivity contribution in [2.75, 3.05) is 11.9 Å². The third-order valence-electron chi connectivity index (χ3n) is 4.10. The number of halogens is 2. The van der Waals surface area contributed by atoms with E-state index in [-0.39, 0.29) is 0 Å². The van der Waals surface area contributed by atoms with Crippen molar-refractivity contribution in [3.05, 3.63) is 75.4 Å². The molecule has 0 radical (unpaired) electrons. The highest BCUT2D eigenvalue weighted by atomic mass is 35.5. The van der Waals surface area contributed by atoms with Crippen LogP contribution >= 0.6 is 23.2 Å². The molecule has 0 saturated carbocycles. The molecular formula is C18H15Cl2N3. The third-order valence-corrected chi connectivity index (χ3v) is 4.84. The van der Waals surface area contributed by atoms with E-state index < -0.39 is 0 Å². The molecule has 1 aliphatic rings. The number of hydrogen-bond donors (Lipinski definition) is 1. The van der Waals surface area contributed by atoms with Crippen LogP contribution in [0.2, 0.25) is 10.0 Å². The highest BCUT2D eigenvalue weighted by Crippen LogP contribution is 2.32. The number of anilines is 1. The number of fused-ring (bicyclic) bond motifs is 1. The molecule has 2 aromatic carbocycles. The maximum atomic E-state index is 6.16. The fourth-order valence-electron chi connectivity index (χ4n) is 2.98. The molecule has 2 heterocycles. The first-order chi connectivity index (χ1) is 11.2. The number of nitrogens with one attached hydrogen (secondary N) is 1. The first kappa shape index (κ1) is 14.6. The van der Waals surface area contributed by atoms with Crippen molar-refractivity contribution in [3.8, 4) is 5.69 Å². The van der Waals surface area contributed by atoms with Crippen molar-refractivity contribution in [2.24, 2.45) is 0 Å². The smallest absolute Gasteiger partial charge is 0.133 e. The van der Waals surface area contributed by atoms with Gasteiger partial charge in [0.15, 0.2) is 0 Å². The fourth-order valence-corrected chi connectivity index (χ4v) is 3.27. The minimum Gasteiger partial charge on any atom is -0.369 e. The second-order valence-electron chi connectivity index (χ2n) is 5.62. The van der Waals surface area contributed by atoms with Gasteiger partial charge < -0.3 is 5.32 Å². The second-order valence-corrected chi connectivity index (χ2v) is 6.44. The summed E-state index contributed by atoms with van der Waals surface area (Å²) in [5.41, 5.74) is 4.59. The minimum atomic E-state index is 0.538. The molecule has 1 aliphatic heterocycles. The normalized spacial score (nSPS) is 13.0. The summed E-state index contributed by atoms with van der Waals surface area (Å²) in [5, 5.41) is 9.34. The lowest BCUT2D eigenvalue weighted by molar-refractivity contribution is 0.840. The summed E-state index contributed by atoms with van der Waals surface area (Å²) in [6, 6.07) is 16.0. The van der Waals surface area contributed by atoms with Crippen LogP contribution in [0.3, 0.4) is 0 Å². The third kappa shape index (κ3) is 2.71. The van der Waals surface area contributed by atoms with Crippen molar-refractivity contribution < 1.29 is 0 Å². The van der Waals surface area contributed by atoms with Crippen molar-refractivity contribution >= 4 is 29.0 Å². The molecule has 5 heteroatoms. The fraction of sp³-hybridized carbons (Fsp3) is 0.167. The molecule has 0 fully saturated rings. The first-order valence-corrected chi connectivity index (χ1v) is 8.32. The van der Waals surface area contributed by atoms with Crippen molar-refractivity contribution in [1.82, 2.24) is 9.78 Å². The first-order valence-electron chi connectivity index (χ1n) is 7.56. The Labute approximate surface area is 144 Å². The molecule has 0 spiro atoms. The van der Waals surface area contributed by atoms with Crippen LogP contribution in [-0.2, 0) is 12.8 Å². The average Bonchev–Trinajstić information content (AvgIpc) is 3.15. The maximum absolute atomic E-state index is 6.16. The van der Waals surface area contributed by atoms with Gasteiger partial charge in [-0.25, -0.2) is 4.68 Å². The largest absolute Gasteiger partial charge is 0.369 e. The molecule has 0 unspecified atom stereocenters. The standard InChI is InChI=1S/C18H15Cl2N3/c19-15-7-6-13(11-16(15)20)23-18-14(8-9-21-18)17(22-23)10-12-4-2-1-3-5-12/h1-7,11,21H,8-10H2. The Kier molecular flexibility index (Phi) is 3.76. The highest BCUT2D eigenvalue weighted by molar-refractivity contribution is 6.42. The minimum absolute atomic E-state index is 0.538. The summed E-state index contributed by atoms with van der Waals surface area (Å²) in [7, 11) is 0. The quantitative estimate of drug-likeness (QED) is 0.744. The molecule has 0 bridgehead atoms. The van der Waals surface area contributed by atoms with E-state index in [2.05, 4.69) is 29.6 Å². The van der Waals surface area contributed by atoms with Crippen LogP contribution in [0.25, 0.3) is 5.69 Å². The van der Waals surface area contributed by atoms with Gasteiger partial charge in [-0.15, -0.1) is 0 Å². The summed E-state index contributed by atoms with van der Waals surface area (Å²) in [4.78, 5) is 0. The van der Waals surface area contributed by atoms with Crippen LogP contribution in [-0.4, -0.2) is 16.3 Å². The van der Waals surface area contributed by atoms with Crippen LogP contribution in [0.15, 0.2) is 48.5 Å². The second kappa shape index (κ2) is 5.91. The predicted molar refractivity (Wildman–Crippen MR) is 95.0 cm³/mol. The Morgan fingerprint density at radius 3 is 2.65 bits per heavy atom. The number of rotatable bonds is 3. The maximum Gasteiger partial charge on any atom is 0.133 e. The number of benzene rings is 2. The summed E-state index contributed by atoms with van der Waals surface area (Å²) < 4.78 is 1.93. The van der Waals surface area contributed by atoms with Gasteiger partial charge >= 0.3 is 0 Å². The predicted octanol–water partition coefficient (Wildman–Crippen LogP) is 4.74. The van der Waals surface area contributed by atoms with E-state index in [0.717, 1.165) is 36.6 Å². The van der Waals surface area contributed by atoms with Gasteiger partial charge in [-0.3, -0.25) is 0 Å². The van der Waals surface area contributed by atoms with Gasteiger partial charge in [-0.05, 0) is 30.2 Å². The Balaban J connectivity index is 1.77. The topological polar surface area (TPSA) is 29.9 Å². The summed E-state index contributed by atoms with van der Waals surface area (Å²) in [5.74, 6) is 1.06. The van der Waals surface area contributed by atoms with Crippen molar-refractivity contribution in [1.29, 1.82) is 0 Å². The molecule has 116 valence electrons. The number of nitrogens with zero attached hydrogens (tertiary/aromatic N) is 2. The molecule has 1 N–H and O–H groups in total. The Morgan fingerprint density at radius 1 is 1.04 bits per heavy atom. The van der Waals surface area contributed by atoms with E-state index in [1.54, 1.807) is 6.07 Å². The molecule has 0 amide bonds. The van der Waals surface area contributed by atoms with Crippen LogP contribution < -0.4 is 5.32 Å². The lowest BCUT2D eigenvalue weighted by Crippen LogP contribution is -2.05. The van der Waals surface area contributed by atoms with Gasteiger partial charge in [0, 0.05) is 18.5 Å². The summed E-state index contributed by atoms with van der Waals surface area (Å²) >= 11 is 12.2. The zero-order valence-corrected chi connectivity index (χ0v) is 13.9. The van der Waals surface area contributed by atoms with Crippen LogP contribution in [0.1, 0.15) is 16.8 Å². The molecule has 0 atom stereocenters. The molecule has 1 aromatic heterocycles. The van der Waals surface area contributed by atoms with Crippen molar-refractivity contribution in [2.45, 2.75) is 12.8 Å². The van der Waals surface area contributed by atoms with Crippen LogP contribution in [0.5, 0.6) is 0 Å². The lowest BCUT2D eigenvalue weighted by atomic mass is 10.1. The number of hydrogen-bond acceptors (Lipinski definition) is 2. The van der Waals surface area contributed by atoms with Gasteiger partial charge in [0.05, 0.1) is 21.4 Å². The van der Waals surface area contributed by atoms with Crippen LogP contribution in [0, 0.1) is 0 Å². The molecule has 23 heavy (non-hydrogen) atoms. The summed E-state index contributed by atoms with van der Waals surface area (Å²) in [6.45, 7) is 0.941. The monoisotopic (exact) mass is 343 g/mol. The van der Waals surface area contributed by atoms with E-state index in [4.69, 9.17) is 28.3 Å². The average molecular weight is 344 g/mol. The van der Waals surface area contributed by atoms with Gasteiger partial charge in [0.1, 0.15) is 5.82 Å². The van der Waals surface area contributed by atoms with E-state index in [0.29, 0.717) is 10.0 Å². The Hall–Kier alpha value is -1.97. The Bertz CT molecular complexity index is 856. The molecule has 4 rings (SSSR count). The van der Waals surface area contributed by atoms with Crippen LogP contribution in [0.4, 0.5) is 5.82 Å². The van der Waals surface area contributed by atoms with Gasteiger partial charge in [-0.1, -0.05) is 53.5 Å². The molecule has 3 aromatic rings. The van der Waals surface area contributed by atoms with Gasteiger partial charge in [0.25, 0.3) is 0 Å². The SMILES string of the molecule is Clc1ccc(-n2nc(Cc3ccccc3)c3c2NCC3)cc1Cl. The van der Waals surface area contributed by atoms with E-state index in [1.807, 2.05) is 22.9 Å². The molecular weight excluding hydrogens is 329 g/mol. The zero-order chi connectivity index (χ0) is 15.8. The van der Waals surface area contributed by atoms with E-state index in [1.165, 1.54) is 11.1 Å².